The Balaban J connectivity index is 1.95. The number of aromatic nitrogens is 2. The minimum Gasteiger partial charge on any atom is -0.393 e. The standard InChI is InChI=1S/C11H14ClN3O3S/c12-11-13-5-10(6-14-11)19(17,18)15-7-1-2-8(15)4-9(16)3-7/h5-9,16H,1-4H2. The molecule has 2 saturated heterocycles. The second-order valence-electron chi connectivity index (χ2n) is 5.03. The maximum absolute atomic E-state index is 12.6. The first-order valence-corrected chi connectivity index (χ1v) is 7.99. The Morgan fingerprint density at radius 2 is 1.74 bits per heavy atom. The van der Waals surface area contributed by atoms with Gasteiger partial charge in [-0.2, -0.15) is 4.31 Å². The van der Waals surface area contributed by atoms with Gasteiger partial charge >= 0.3 is 0 Å². The van der Waals surface area contributed by atoms with E-state index in [0.717, 1.165) is 12.8 Å². The lowest BCUT2D eigenvalue weighted by Gasteiger charge is -2.35. The van der Waals surface area contributed by atoms with E-state index < -0.39 is 16.1 Å². The molecule has 2 bridgehead atoms. The van der Waals surface area contributed by atoms with E-state index in [9.17, 15) is 13.5 Å². The molecular formula is C11H14ClN3O3S. The lowest BCUT2D eigenvalue weighted by atomic mass is 10.0. The van der Waals surface area contributed by atoms with E-state index in [0.29, 0.717) is 12.8 Å². The first kappa shape index (κ1) is 13.2. The van der Waals surface area contributed by atoms with E-state index in [-0.39, 0.29) is 22.3 Å². The van der Waals surface area contributed by atoms with Crippen LogP contribution in [0, 0.1) is 0 Å². The van der Waals surface area contributed by atoms with Gasteiger partial charge in [0.25, 0.3) is 0 Å². The van der Waals surface area contributed by atoms with Gasteiger partial charge in [0.2, 0.25) is 15.3 Å². The Bertz CT molecular complexity index is 563. The third-order valence-corrected chi connectivity index (χ3v) is 5.97. The van der Waals surface area contributed by atoms with Crippen molar-refractivity contribution in [2.45, 2.75) is 48.8 Å². The predicted octanol–water partition coefficient (Wildman–Crippen LogP) is 0.806. The van der Waals surface area contributed by atoms with Gasteiger partial charge in [-0.1, -0.05) is 0 Å². The number of piperidine rings is 1. The maximum atomic E-state index is 12.6. The molecule has 19 heavy (non-hydrogen) atoms. The van der Waals surface area contributed by atoms with Crippen molar-refractivity contribution in [2.75, 3.05) is 0 Å². The van der Waals surface area contributed by atoms with E-state index in [2.05, 4.69) is 9.97 Å². The molecule has 2 aliphatic heterocycles. The largest absolute Gasteiger partial charge is 0.393 e. The van der Waals surface area contributed by atoms with Crippen molar-refractivity contribution in [3.05, 3.63) is 17.7 Å². The SMILES string of the molecule is O=S(=O)(c1cnc(Cl)nc1)N1C2CCC1CC(O)C2. The molecule has 0 aliphatic carbocycles. The number of hydrogen-bond acceptors (Lipinski definition) is 5. The Morgan fingerprint density at radius 1 is 1.21 bits per heavy atom. The van der Waals surface area contributed by atoms with Gasteiger partial charge in [0.15, 0.2) is 0 Å². The first-order chi connectivity index (χ1) is 8.98. The summed E-state index contributed by atoms with van der Waals surface area (Å²) in [7, 11) is -3.60. The highest BCUT2D eigenvalue weighted by atomic mass is 35.5. The number of hydrogen-bond donors (Lipinski definition) is 1. The smallest absolute Gasteiger partial charge is 0.246 e. The normalized spacial score (nSPS) is 31.6. The van der Waals surface area contributed by atoms with E-state index in [1.807, 2.05) is 0 Å². The van der Waals surface area contributed by atoms with Gasteiger partial charge in [-0.3, -0.25) is 0 Å². The van der Waals surface area contributed by atoms with Crippen LogP contribution in [0.4, 0.5) is 0 Å². The molecule has 3 heterocycles. The van der Waals surface area contributed by atoms with Crippen LogP contribution >= 0.6 is 11.6 Å². The average molecular weight is 304 g/mol. The molecule has 0 aromatic carbocycles. The lowest BCUT2D eigenvalue weighted by Crippen LogP contribution is -2.47. The molecule has 2 unspecified atom stereocenters. The number of halogens is 1. The fourth-order valence-electron chi connectivity index (χ4n) is 3.05. The molecule has 0 saturated carbocycles. The zero-order valence-electron chi connectivity index (χ0n) is 10.1. The van der Waals surface area contributed by atoms with Gasteiger partial charge in [-0.25, -0.2) is 18.4 Å². The number of sulfonamides is 1. The van der Waals surface area contributed by atoms with Crippen LogP contribution in [0.5, 0.6) is 0 Å². The molecule has 104 valence electrons. The monoisotopic (exact) mass is 303 g/mol. The third kappa shape index (κ3) is 2.24. The third-order valence-electron chi connectivity index (χ3n) is 3.81. The molecule has 1 aromatic rings. The van der Waals surface area contributed by atoms with Crippen LogP contribution in [0.1, 0.15) is 25.7 Å². The van der Waals surface area contributed by atoms with Crippen molar-refractivity contribution in [2.24, 2.45) is 0 Å². The maximum Gasteiger partial charge on any atom is 0.246 e. The van der Waals surface area contributed by atoms with Crippen molar-refractivity contribution in [3.63, 3.8) is 0 Å². The number of rotatable bonds is 2. The highest BCUT2D eigenvalue weighted by Crippen LogP contribution is 2.39. The van der Waals surface area contributed by atoms with Gasteiger partial charge in [0, 0.05) is 12.1 Å². The number of aliphatic hydroxyl groups excluding tert-OH is 1. The zero-order chi connectivity index (χ0) is 13.6. The molecule has 3 rings (SSSR count). The summed E-state index contributed by atoms with van der Waals surface area (Å²) in [5, 5.41) is 9.74. The number of aliphatic hydroxyl groups is 1. The molecule has 0 radical (unpaired) electrons. The molecule has 1 N–H and O–H groups in total. The van der Waals surface area contributed by atoms with Crippen LogP contribution in [0.25, 0.3) is 0 Å². The van der Waals surface area contributed by atoms with Gasteiger partial charge in [0.05, 0.1) is 18.5 Å². The Kier molecular flexibility index (Phi) is 3.24. The van der Waals surface area contributed by atoms with Crippen LogP contribution in [-0.4, -0.2) is 46.0 Å². The topological polar surface area (TPSA) is 83.4 Å². The summed E-state index contributed by atoms with van der Waals surface area (Å²) >= 11 is 5.57. The number of fused-ring (bicyclic) bond motifs is 2. The fourth-order valence-corrected chi connectivity index (χ4v) is 4.93. The second kappa shape index (κ2) is 4.66. The molecule has 0 spiro atoms. The first-order valence-electron chi connectivity index (χ1n) is 6.17. The van der Waals surface area contributed by atoms with E-state index in [4.69, 9.17) is 11.6 Å². The van der Waals surface area contributed by atoms with Gasteiger partial charge in [-0.15, -0.1) is 0 Å². The van der Waals surface area contributed by atoms with Crippen molar-refractivity contribution in [1.82, 2.24) is 14.3 Å². The van der Waals surface area contributed by atoms with Crippen LogP contribution in [0.15, 0.2) is 17.3 Å². The Hall–Kier alpha value is -0.760. The summed E-state index contributed by atoms with van der Waals surface area (Å²) in [6.45, 7) is 0. The molecule has 2 atom stereocenters. The van der Waals surface area contributed by atoms with Crippen molar-refractivity contribution in [3.8, 4) is 0 Å². The fraction of sp³-hybridized carbons (Fsp3) is 0.636. The summed E-state index contributed by atoms with van der Waals surface area (Å²) in [6.07, 6.45) is 4.68. The Labute approximate surface area is 116 Å². The zero-order valence-corrected chi connectivity index (χ0v) is 11.7. The van der Waals surface area contributed by atoms with Crippen LogP contribution < -0.4 is 0 Å². The molecule has 8 heteroatoms. The van der Waals surface area contributed by atoms with E-state index >= 15 is 0 Å². The molecular weight excluding hydrogens is 290 g/mol. The van der Waals surface area contributed by atoms with Crippen molar-refractivity contribution in [1.29, 1.82) is 0 Å². The highest BCUT2D eigenvalue weighted by molar-refractivity contribution is 7.89. The quantitative estimate of drug-likeness (QED) is 0.817. The van der Waals surface area contributed by atoms with Crippen molar-refractivity contribution < 1.29 is 13.5 Å². The highest BCUT2D eigenvalue weighted by Gasteiger charge is 2.47. The minimum atomic E-state index is -3.60. The van der Waals surface area contributed by atoms with E-state index in [1.54, 1.807) is 0 Å². The second-order valence-corrected chi connectivity index (χ2v) is 7.21. The van der Waals surface area contributed by atoms with Gasteiger partial charge < -0.3 is 5.11 Å². The average Bonchev–Trinajstić information content (AvgIpc) is 2.64. The lowest BCUT2D eigenvalue weighted by molar-refractivity contribution is 0.0768. The summed E-state index contributed by atoms with van der Waals surface area (Å²) < 4.78 is 26.7. The molecule has 6 nitrogen and oxygen atoms in total. The summed E-state index contributed by atoms with van der Waals surface area (Å²) in [5.74, 6) is 0. The molecule has 1 aromatic heterocycles. The molecule has 0 amide bonds. The Morgan fingerprint density at radius 3 is 2.26 bits per heavy atom. The minimum absolute atomic E-state index is 0.0241. The molecule has 2 fully saturated rings. The predicted molar refractivity (Wildman–Crippen MR) is 68.1 cm³/mol. The summed E-state index contributed by atoms with van der Waals surface area (Å²) in [6, 6.07) is -0.233. The number of nitrogens with zero attached hydrogens (tertiary/aromatic N) is 3. The summed E-state index contributed by atoms with van der Waals surface area (Å²) in [4.78, 5) is 7.51. The van der Waals surface area contributed by atoms with Crippen molar-refractivity contribution >= 4 is 21.6 Å². The molecule has 2 aliphatic rings. The van der Waals surface area contributed by atoms with Crippen LogP contribution in [-0.2, 0) is 10.0 Å². The van der Waals surface area contributed by atoms with Crippen LogP contribution in [0.2, 0.25) is 5.28 Å². The van der Waals surface area contributed by atoms with Gasteiger partial charge in [0.1, 0.15) is 4.90 Å². The summed E-state index contributed by atoms with van der Waals surface area (Å²) in [5.41, 5.74) is 0. The van der Waals surface area contributed by atoms with Crippen LogP contribution in [0.3, 0.4) is 0 Å². The van der Waals surface area contributed by atoms with E-state index in [1.165, 1.54) is 16.7 Å². The van der Waals surface area contributed by atoms with Gasteiger partial charge in [-0.05, 0) is 37.3 Å².